The fourth-order valence-corrected chi connectivity index (χ4v) is 7.24. The summed E-state index contributed by atoms with van der Waals surface area (Å²) in [6, 6.07) is 50.7. The van der Waals surface area contributed by atoms with Gasteiger partial charge in [0.1, 0.15) is 12.1 Å². The Morgan fingerprint density at radius 2 is 0.750 bits per heavy atom. The number of nitriles is 2. The lowest BCUT2D eigenvalue weighted by Crippen LogP contribution is -2.05. The summed E-state index contributed by atoms with van der Waals surface area (Å²) >= 11 is 0. The summed E-state index contributed by atoms with van der Waals surface area (Å²) < 4.78 is 4.30. The van der Waals surface area contributed by atoms with E-state index < -0.39 is 0 Å². The molecule has 0 aliphatic carbocycles. The van der Waals surface area contributed by atoms with E-state index in [1.54, 1.807) is 0 Å². The minimum absolute atomic E-state index is 0.353. The molecule has 0 aliphatic heterocycles. The van der Waals surface area contributed by atoms with E-state index in [1.165, 1.54) is 5.39 Å². The van der Waals surface area contributed by atoms with Crippen LogP contribution in [0.5, 0.6) is 0 Å². The molecule has 0 bridgehead atoms. The third-order valence-corrected chi connectivity index (χ3v) is 8.99. The van der Waals surface area contributed by atoms with Crippen LogP contribution in [-0.4, -0.2) is 9.13 Å². The lowest BCUT2D eigenvalue weighted by Gasteiger charge is -2.17. The van der Waals surface area contributed by atoms with Gasteiger partial charge in [-0.15, -0.1) is 0 Å². The van der Waals surface area contributed by atoms with E-state index in [0.29, 0.717) is 22.5 Å². The number of para-hydroxylation sites is 3. The lowest BCUT2D eigenvalue weighted by molar-refractivity contribution is 1.12. The molecule has 0 fully saturated rings. The minimum atomic E-state index is 0.353. The number of hydrogen-bond acceptors (Lipinski definition) is 2. The van der Waals surface area contributed by atoms with Gasteiger partial charge in [0.2, 0.25) is 0 Å². The smallest absolute Gasteiger partial charge is 0.103 e. The van der Waals surface area contributed by atoms with Gasteiger partial charge in [0.05, 0.1) is 44.6 Å². The van der Waals surface area contributed by atoms with Crippen molar-refractivity contribution >= 4 is 65.2 Å². The molecule has 0 saturated carbocycles. The Labute approximate surface area is 252 Å². The van der Waals surface area contributed by atoms with Crippen LogP contribution < -0.4 is 0 Å². The zero-order valence-corrected chi connectivity index (χ0v) is 23.5. The highest BCUT2D eigenvalue weighted by Gasteiger charge is 2.24. The second-order valence-corrected chi connectivity index (χ2v) is 11.1. The van der Waals surface area contributed by atoms with Gasteiger partial charge in [-0.25, -0.2) is 0 Å². The van der Waals surface area contributed by atoms with Crippen LogP contribution in [0.1, 0.15) is 11.1 Å². The van der Waals surface area contributed by atoms with Crippen molar-refractivity contribution in [3.05, 3.63) is 145 Å². The summed E-state index contributed by atoms with van der Waals surface area (Å²) in [6.07, 6.45) is 0. The van der Waals surface area contributed by atoms with Gasteiger partial charge < -0.3 is 9.13 Å². The molecular weight excluding hydrogens is 536 g/mol. The molecule has 0 spiro atoms. The monoisotopic (exact) mass is 558 g/mol. The van der Waals surface area contributed by atoms with Crippen LogP contribution in [0.4, 0.5) is 0 Å². The van der Waals surface area contributed by atoms with E-state index in [1.807, 2.05) is 42.5 Å². The number of rotatable bonds is 2. The van der Waals surface area contributed by atoms with Crippen LogP contribution in [0.25, 0.3) is 76.5 Å². The second-order valence-electron chi connectivity index (χ2n) is 11.1. The maximum Gasteiger partial charge on any atom is 0.103 e. The maximum absolute atomic E-state index is 10.8. The number of nitrogens with zero attached hydrogens (tertiary/aromatic N) is 4. The molecule has 0 N–H and O–H groups in total. The van der Waals surface area contributed by atoms with Crippen molar-refractivity contribution in [3.8, 4) is 23.5 Å². The third-order valence-electron chi connectivity index (χ3n) is 8.99. The molecule has 9 rings (SSSR count). The highest BCUT2D eigenvalue weighted by molar-refractivity contribution is 6.32. The van der Waals surface area contributed by atoms with Crippen molar-refractivity contribution in [1.29, 1.82) is 10.5 Å². The van der Waals surface area contributed by atoms with Crippen molar-refractivity contribution in [1.82, 2.24) is 9.13 Å². The maximum atomic E-state index is 10.8. The Hall–Kier alpha value is -6.36. The highest BCUT2D eigenvalue weighted by atomic mass is 15.0. The summed E-state index contributed by atoms with van der Waals surface area (Å²) in [5.41, 5.74) is 6.12. The molecule has 2 heterocycles. The summed E-state index contributed by atoms with van der Waals surface area (Å²) in [5.74, 6) is 0. The van der Waals surface area contributed by atoms with Crippen LogP contribution in [0.15, 0.2) is 133 Å². The predicted octanol–water partition coefficient (Wildman–Crippen LogP) is 9.93. The van der Waals surface area contributed by atoms with Crippen molar-refractivity contribution in [2.45, 2.75) is 0 Å². The Kier molecular flexibility index (Phi) is 5.00. The van der Waals surface area contributed by atoms with Crippen LogP contribution in [0, 0.1) is 22.7 Å². The standard InChI is InChI=1S/C40H22N4/c41-23-32-33(24-42)38(22-21-37(32)43-34-18-8-5-13-27(34)28-14-6-9-19-35(28)43)44-36-20-10-7-17-31(36)39-29-15-3-1-11-25(29)26-12-2-4-16-30(26)40(39)44/h1-22H. The zero-order chi connectivity index (χ0) is 29.4. The first-order valence-corrected chi connectivity index (χ1v) is 14.6. The van der Waals surface area contributed by atoms with Gasteiger partial charge in [-0.3, -0.25) is 0 Å². The number of aromatic nitrogens is 2. The normalized spacial score (nSPS) is 11.6. The quantitative estimate of drug-likeness (QED) is 0.198. The van der Waals surface area contributed by atoms with Gasteiger partial charge >= 0.3 is 0 Å². The largest absolute Gasteiger partial charge is 0.308 e. The third kappa shape index (κ3) is 3.09. The van der Waals surface area contributed by atoms with Gasteiger partial charge in [-0.05, 0) is 46.5 Å². The minimum Gasteiger partial charge on any atom is -0.308 e. The Morgan fingerprint density at radius 1 is 0.364 bits per heavy atom. The van der Waals surface area contributed by atoms with E-state index in [9.17, 15) is 10.5 Å². The molecule has 4 heteroatoms. The van der Waals surface area contributed by atoms with Gasteiger partial charge in [0.25, 0.3) is 0 Å². The number of benzene rings is 7. The second kappa shape index (κ2) is 9.07. The van der Waals surface area contributed by atoms with Gasteiger partial charge in [-0.1, -0.05) is 103 Å². The SMILES string of the molecule is N#Cc1c(-n2c3ccccc3c3ccccc32)ccc(-n2c3ccccc3c3c4ccccc4c4ccccc4c32)c1C#N. The van der Waals surface area contributed by atoms with E-state index in [0.717, 1.165) is 59.8 Å². The first-order chi connectivity index (χ1) is 21.8. The summed E-state index contributed by atoms with van der Waals surface area (Å²) in [6.45, 7) is 0. The number of fused-ring (bicyclic) bond motifs is 11. The van der Waals surface area contributed by atoms with Crippen LogP contribution in [-0.2, 0) is 0 Å². The van der Waals surface area contributed by atoms with Crippen LogP contribution in [0.2, 0.25) is 0 Å². The summed E-state index contributed by atoms with van der Waals surface area (Å²) in [4.78, 5) is 0. The molecule has 4 nitrogen and oxygen atoms in total. The fourth-order valence-electron chi connectivity index (χ4n) is 7.24. The summed E-state index contributed by atoms with van der Waals surface area (Å²) in [7, 11) is 0. The van der Waals surface area contributed by atoms with Crippen molar-refractivity contribution in [3.63, 3.8) is 0 Å². The molecule has 0 amide bonds. The van der Waals surface area contributed by atoms with Crippen molar-refractivity contribution in [2.24, 2.45) is 0 Å². The van der Waals surface area contributed by atoms with Gasteiger partial charge in [-0.2, -0.15) is 10.5 Å². The van der Waals surface area contributed by atoms with Gasteiger partial charge in [0, 0.05) is 26.9 Å². The molecule has 0 radical (unpaired) electrons. The van der Waals surface area contributed by atoms with E-state index >= 15 is 0 Å². The average Bonchev–Trinajstić information content (AvgIpc) is 3.61. The first-order valence-electron chi connectivity index (χ1n) is 14.6. The molecule has 0 aliphatic rings. The van der Waals surface area contributed by atoms with E-state index in [4.69, 9.17) is 0 Å². The molecule has 0 unspecified atom stereocenters. The Bertz CT molecular complexity index is 2690. The van der Waals surface area contributed by atoms with Crippen LogP contribution >= 0.6 is 0 Å². The molecule has 2 aromatic heterocycles. The zero-order valence-electron chi connectivity index (χ0n) is 23.5. The molecule has 9 aromatic rings. The molecular formula is C40H22N4. The summed E-state index contributed by atoms with van der Waals surface area (Å²) in [5, 5.41) is 30.6. The number of hydrogen-bond donors (Lipinski definition) is 0. The lowest BCUT2D eigenvalue weighted by atomic mass is 9.96. The Morgan fingerprint density at radius 3 is 1.30 bits per heavy atom. The first kappa shape index (κ1) is 24.3. The molecule has 0 atom stereocenters. The fraction of sp³-hybridized carbons (Fsp3) is 0. The molecule has 7 aromatic carbocycles. The van der Waals surface area contributed by atoms with E-state index in [2.05, 4.69) is 112 Å². The topological polar surface area (TPSA) is 57.4 Å². The van der Waals surface area contributed by atoms with Crippen molar-refractivity contribution < 1.29 is 0 Å². The van der Waals surface area contributed by atoms with Crippen LogP contribution in [0.3, 0.4) is 0 Å². The average molecular weight is 559 g/mol. The predicted molar refractivity (Wildman–Crippen MR) is 180 cm³/mol. The molecule has 0 saturated heterocycles. The van der Waals surface area contributed by atoms with Crippen molar-refractivity contribution in [2.75, 3.05) is 0 Å². The molecule has 202 valence electrons. The van der Waals surface area contributed by atoms with E-state index in [-0.39, 0.29) is 0 Å². The van der Waals surface area contributed by atoms with Gasteiger partial charge in [0.15, 0.2) is 0 Å². The highest BCUT2D eigenvalue weighted by Crippen LogP contribution is 2.43. The Balaban J connectivity index is 1.46. The molecule has 44 heavy (non-hydrogen) atoms.